The molecule has 0 saturated heterocycles. The predicted octanol–water partition coefficient (Wildman–Crippen LogP) is 6.68. The van der Waals surface area contributed by atoms with Gasteiger partial charge in [-0.25, -0.2) is 0 Å². The van der Waals surface area contributed by atoms with Crippen LogP contribution in [0.25, 0.3) is 0 Å². The van der Waals surface area contributed by atoms with E-state index in [1.807, 2.05) is 0 Å². The second kappa shape index (κ2) is 9.26. The zero-order valence-corrected chi connectivity index (χ0v) is 18.9. The molecule has 0 saturated carbocycles. The first-order chi connectivity index (χ1) is 11.9. The monoisotopic (exact) mass is 361 g/mol. The molecule has 1 rings (SSSR count). The average molecular weight is 362 g/mol. The number of benzene rings is 1. The fourth-order valence-electron chi connectivity index (χ4n) is 4.19. The molecule has 0 aromatic heterocycles. The molecule has 0 atom stereocenters. The van der Waals surface area contributed by atoms with Gasteiger partial charge in [-0.2, -0.15) is 0 Å². The van der Waals surface area contributed by atoms with Crippen LogP contribution in [-0.2, 0) is 5.41 Å². The molecule has 1 aromatic rings. The quantitative estimate of drug-likeness (QED) is 0.461. The molecule has 0 aliphatic heterocycles. The highest BCUT2D eigenvalue weighted by atomic mass is 16.5. The van der Waals surface area contributed by atoms with E-state index in [1.165, 1.54) is 18.4 Å². The lowest BCUT2D eigenvalue weighted by atomic mass is 9.72. The highest BCUT2D eigenvalue weighted by Crippen LogP contribution is 2.36. The fraction of sp³-hybridized carbons (Fsp3) is 0.750. The third-order valence-electron chi connectivity index (χ3n) is 4.69. The summed E-state index contributed by atoms with van der Waals surface area (Å²) in [5.41, 5.74) is 1.69. The zero-order chi connectivity index (χ0) is 20.0. The van der Waals surface area contributed by atoms with Crippen molar-refractivity contribution in [3.8, 4) is 5.75 Å². The van der Waals surface area contributed by atoms with Gasteiger partial charge in [-0.3, -0.25) is 4.90 Å². The Hall–Kier alpha value is -1.02. The Kier molecular flexibility index (Phi) is 8.20. The molecule has 0 bridgehead atoms. The summed E-state index contributed by atoms with van der Waals surface area (Å²) in [4.78, 5) is 2.51. The van der Waals surface area contributed by atoms with Crippen molar-refractivity contribution in [2.75, 3.05) is 19.6 Å². The Morgan fingerprint density at radius 3 is 1.73 bits per heavy atom. The Morgan fingerprint density at radius 2 is 1.31 bits per heavy atom. The number of hydrogen-bond donors (Lipinski definition) is 0. The van der Waals surface area contributed by atoms with E-state index in [-0.39, 0.29) is 11.0 Å². The van der Waals surface area contributed by atoms with Gasteiger partial charge in [0.1, 0.15) is 11.4 Å². The minimum atomic E-state index is -0.188. The Bertz CT molecular complexity index is 516. The van der Waals surface area contributed by atoms with E-state index in [0.717, 1.165) is 31.8 Å². The Morgan fingerprint density at radius 1 is 0.808 bits per heavy atom. The summed E-state index contributed by atoms with van der Waals surface area (Å²) in [6.07, 6.45) is 3.54. The molecule has 150 valence electrons. The van der Waals surface area contributed by atoms with Crippen LogP contribution in [0.2, 0.25) is 0 Å². The summed E-state index contributed by atoms with van der Waals surface area (Å²) in [5, 5.41) is 0. The van der Waals surface area contributed by atoms with E-state index in [4.69, 9.17) is 4.74 Å². The minimum absolute atomic E-state index is 0.172. The first-order valence-corrected chi connectivity index (χ1v) is 10.4. The van der Waals surface area contributed by atoms with Crippen LogP contribution in [-0.4, -0.2) is 30.1 Å². The molecule has 0 radical (unpaired) electrons. The van der Waals surface area contributed by atoms with Gasteiger partial charge in [-0.05, 0) is 74.7 Å². The maximum Gasteiger partial charge on any atom is 0.120 e. The number of rotatable bonds is 10. The maximum absolute atomic E-state index is 6.35. The first-order valence-electron chi connectivity index (χ1n) is 10.4. The molecule has 2 heteroatoms. The Labute approximate surface area is 163 Å². The highest BCUT2D eigenvalue weighted by molar-refractivity contribution is 5.32. The molecular weight excluding hydrogens is 318 g/mol. The molecule has 0 N–H and O–H groups in total. The normalized spacial score (nSPS) is 13.3. The van der Waals surface area contributed by atoms with Crippen molar-refractivity contribution in [3.05, 3.63) is 29.8 Å². The van der Waals surface area contributed by atoms with Crippen LogP contribution in [0.5, 0.6) is 5.75 Å². The van der Waals surface area contributed by atoms with E-state index in [2.05, 4.69) is 91.5 Å². The predicted molar refractivity (Wildman–Crippen MR) is 115 cm³/mol. The van der Waals surface area contributed by atoms with Gasteiger partial charge in [0.15, 0.2) is 0 Å². The summed E-state index contributed by atoms with van der Waals surface area (Å²) in [6, 6.07) is 8.77. The second-order valence-electron chi connectivity index (χ2n) is 10.3. The summed E-state index contributed by atoms with van der Waals surface area (Å²) in [7, 11) is 0. The molecular formula is C24H43NO. The van der Waals surface area contributed by atoms with Crippen LogP contribution in [0.3, 0.4) is 0 Å². The van der Waals surface area contributed by atoms with Crippen LogP contribution >= 0.6 is 0 Å². The lowest BCUT2D eigenvalue weighted by molar-refractivity contribution is 0.0593. The lowest BCUT2D eigenvalue weighted by Gasteiger charge is -2.34. The highest BCUT2D eigenvalue weighted by Gasteiger charge is 2.28. The molecule has 0 aliphatic rings. The van der Waals surface area contributed by atoms with Crippen LogP contribution in [0, 0.1) is 5.41 Å². The molecule has 0 spiro atoms. The van der Waals surface area contributed by atoms with E-state index < -0.39 is 0 Å². The van der Waals surface area contributed by atoms with Crippen molar-refractivity contribution in [1.82, 2.24) is 4.90 Å². The van der Waals surface area contributed by atoms with E-state index in [0.29, 0.717) is 5.41 Å². The molecule has 1 aromatic carbocycles. The van der Waals surface area contributed by atoms with Gasteiger partial charge in [0.2, 0.25) is 0 Å². The lowest BCUT2D eigenvalue weighted by Crippen LogP contribution is -2.43. The number of ether oxygens (including phenoxy) is 1. The molecule has 26 heavy (non-hydrogen) atoms. The molecule has 2 nitrogen and oxygen atoms in total. The van der Waals surface area contributed by atoms with Crippen molar-refractivity contribution in [2.24, 2.45) is 5.41 Å². The van der Waals surface area contributed by atoms with Crippen molar-refractivity contribution < 1.29 is 4.74 Å². The zero-order valence-electron chi connectivity index (χ0n) is 18.9. The Balaban J connectivity index is 2.79. The van der Waals surface area contributed by atoms with Gasteiger partial charge >= 0.3 is 0 Å². The largest absolute Gasteiger partial charge is 0.487 e. The summed E-state index contributed by atoms with van der Waals surface area (Å²) in [5.74, 6) is 0.971. The van der Waals surface area contributed by atoms with Crippen LogP contribution < -0.4 is 4.74 Å². The van der Waals surface area contributed by atoms with Gasteiger partial charge in [0.25, 0.3) is 0 Å². The van der Waals surface area contributed by atoms with Gasteiger partial charge < -0.3 is 4.74 Å². The second-order valence-corrected chi connectivity index (χ2v) is 10.3. The average Bonchev–Trinajstić information content (AvgIpc) is 2.45. The first kappa shape index (κ1) is 23.0. The maximum atomic E-state index is 6.35. The molecule has 0 heterocycles. The molecule has 0 aliphatic carbocycles. The smallest absolute Gasteiger partial charge is 0.120 e. The van der Waals surface area contributed by atoms with Crippen molar-refractivity contribution in [1.29, 1.82) is 0 Å². The van der Waals surface area contributed by atoms with E-state index >= 15 is 0 Å². The minimum Gasteiger partial charge on any atom is -0.487 e. The summed E-state index contributed by atoms with van der Waals surface area (Å²) < 4.78 is 6.35. The topological polar surface area (TPSA) is 12.5 Å². The SMILES string of the molecule is CCCN(CCC)CC(C)(C)Oc1ccc(C(C)(C)CC(C)(C)C)cc1. The van der Waals surface area contributed by atoms with Gasteiger partial charge in [0.05, 0.1) is 0 Å². The summed E-state index contributed by atoms with van der Waals surface area (Å²) in [6.45, 7) is 23.7. The van der Waals surface area contributed by atoms with Crippen LogP contribution in [0.15, 0.2) is 24.3 Å². The third-order valence-corrected chi connectivity index (χ3v) is 4.69. The van der Waals surface area contributed by atoms with Crippen molar-refractivity contribution >= 4 is 0 Å². The molecule has 0 amide bonds. The van der Waals surface area contributed by atoms with Crippen LogP contribution in [0.4, 0.5) is 0 Å². The number of hydrogen-bond acceptors (Lipinski definition) is 2. The van der Waals surface area contributed by atoms with Crippen molar-refractivity contribution in [2.45, 2.75) is 92.6 Å². The molecule has 0 fully saturated rings. The van der Waals surface area contributed by atoms with Crippen molar-refractivity contribution in [3.63, 3.8) is 0 Å². The standard InChI is InChI=1S/C24H43NO/c1-10-16-25(17-11-2)19-24(8,9)26-21-14-12-20(13-15-21)23(6,7)18-22(3,4)5/h12-15H,10-11,16-19H2,1-9H3. The van der Waals surface area contributed by atoms with E-state index in [1.54, 1.807) is 0 Å². The van der Waals surface area contributed by atoms with E-state index in [9.17, 15) is 0 Å². The third kappa shape index (κ3) is 8.12. The van der Waals surface area contributed by atoms with Gasteiger partial charge in [-0.1, -0.05) is 60.6 Å². The van der Waals surface area contributed by atoms with Gasteiger partial charge in [-0.15, -0.1) is 0 Å². The van der Waals surface area contributed by atoms with Gasteiger partial charge in [0, 0.05) is 6.54 Å². The fourth-order valence-corrected chi connectivity index (χ4v) is 4.19. The van der Waals surface area contributed by atoms with Crippen LogP contribution in [0.1, 0.15) is 87.1 Å². The molecule has 0 unspecified atom stereocenters. The number of nitrogens with zero attached hydrogens (tertiary/aromatic N) is 1. The summed E-state index contributed by atoms with van der Waals surface area (Å²) >= 11 is 0.